The van der Waals surface area contributed by atoms with Crippen molar-refractivity contribution in [3.05, 3.63) is 18.2 Å². The molecule has 0 aliphatic carbocycles. The number of methoxy groups -OCH3 is 1. The number of aliphatic imine (C=N–C) groups is 1. The van der Waals surface area contributed by atoms with Gasteiger partial charge in [0.2, 0.25) is 0 Å². The van der Waals surface area contributed by atoms with Crippen molar-refractivity contribution in [2.24, 2.45) is 4.99 Å². The largest absolute Gasteiger partial charge is 0.493 e. The third kappa shape index (κ3) is 6.21. The first-order valence-corrected chi connectivity index (χ1v) is 8.92. The van der Waals surface area contributed by atoms with E-state index in [2.05, 4.69) is 15.6 Å². The van der Waals surface area contributed by atoms with E-state index in [9.17, 15) is 8.42 Å². The van der Waals surface area contributed by atoms with Crippen LogP contribution in [0.15, 0.2) is 23.2 Å². The maximum atomic E-state index is 11.1. The van der Waals surface area contributed by atoms with Gasteiger partial charge in [-0.2, -0.15) is 0 Å². The molecular weight excluding hydrogens is 306 g/mol. The highest BCUT2D eigenvalue weighted by atomic mass is 32.2. The van der Waals surface area contributed by atoms with Gasteiger partial charge in [0.25, 0.3) is 0 Å². The van der Waals surface area contributed by atoms with E-state index >= 15 is 0 Å². The van der Waals surface area contributed by atoms with Gasteiger partial charge in [-0.25, -0.2) is 8.42 Å². The standard InChI is InChI=1S/C14H23N3O4S/c1-5-21-13-10-11(6-7-12(13)20-3)17-14(15-2)16-8-9-22(4,18)19/h6-7,10H,5,8-9H2,1-4H3,(H2,15,16,17). The number of anilines is 1. The highest BCUT2D eigenvalue weighted by molar-refractivity contribution is 7.90. The number of rotatable bonds is 7. The molecule has 124 valence electrons. The second kappa shape index (κ2) is 8.47. The number of hydrogen-bond acceptors (Lipinski definition) is 5. The van der Waals surface area contributed by atoms with E-state index in [1.165, 1.54) is 6.26 Å². The van der Waals surface area contributed by atoms with Crippen molar-refractivity contribution in [3.63, 3.8) is 0 Å². The Morgan fingerprint density at radius 1 is 1.32 bits per heavy atom. The fraction of sp³-hybridized carbons (Fsp3) is 0.500. The predicted octanol–water partition coefficient (Wildman–Crippen LogP) is 1.13. The minimum absolute atomic E-state index is 0.0422. The lowest BCUT2D eigenvalue weighted by atomic mass is 10.2. The molecule has 0 spiro atoms. The number of nitrogens with zero attached hydrogens (tertiary/aromatic N) is 1. The molecule has 7 nitrogen and oxygen atoms in total. The molecular formula is C14H23N3O4S. The van der Waals surface area contributed by atoms with Crippen LogP contribution in [0.3, 0.4) is 0 Å². The lowest BCUT2D eigenvalue weighted by molar-refractivity contribution is 0.311. The Hall–Kier alpha value is -1.96. The van der Waals surface area contributed by atoms with Crippen molar-refractivity contribution in [3.8, 4) is 11.5 Å². The summed E-state index contributed by atoms with van der Waals surface area (Å²) in [5, 5.41) is 6.02. The normalized spacial score (nSPS) is 11.9. The quantitative estimate of drug-likeness (QED) is 0.576. The van der Waals surface area contributed by atoms with E-state index in [0.29, 0.717) is 24.1 Å². The maximum Gasteiger partial charge on any atom is 0.195 e. The van der Waals surface area contributed by atoms with Crippen LogP contribution >= 0.6 is 0 Å². The van der Waals surface area contributed by atoms with Crippen molar-refractivity contribution >= 4 is 21.5 Å². The van der Waals surface area contributed by atoms with Gasteiger partial charge in [0.1, 0.15) is 9.84 Å². The molecule has 0 amide bonds. The molecule has 0 heterocycles. The number of hydrogen-bond donors (Lipinski definition) is 2. The second-order valence-electron chi connectivity index (χ2n) is 4.55. The molecule has 8 heteroatoms. The van der Waals surface area contributed by atoms with Gasteiger partial charge in [-0.15, -0.1) is 0 Å². The van der Waals surface area contributed by atoms with Gasteiger partial charge in [0.05, 0.1) is 19.5 Å². The Morgan fingerprint density at radius 2 is 2.05 bits per heavy atom. The molecule has 0 saturated heterocycles. The summed E-state index contributed by atoms with van der Waals surface area (Å²) in [6, 6.07) is 5.41. The molecule has 0 bridgehead atoms. The minimum atomic E-state index is -3.01. The maximum absolute atomic E-state index is 11.1. The van der Waals surface area contributed by atoms with Gasteiger partial charge in [-0.05, 0) is 19.1 Å². The van der Waals surface area contributed by atoms with Crippen LogP contribution in [0.25, 0.3) is 0 Å². The third-order valence-electron chi connectivity index (χ3n) is 2.72. The van der Waals surface area contributed by atoms with Gasteiger partial charge in [-0.3, -0.25) is 4.99 Å². The van der Waals surface area contributed by atoms with Gasteiger partial charge < -0.3 is 20.1 Å². The fourth-order valence-corrected chi connectivity index (χ4v) is 2.17. The van der Waals surface area contributed by atoms with E-state index in [-0.39, 0.29) is 12.3 Å². The summed E-state index contributed by atoms with van der Waals surface area (Å²) in [5.74, 6) is 1.80. The first-order chi connectivity index (χ1) is 10.4. The Labute approximate surface area is 131 Å². The van der Waals surface area contributed by atoms with Crippen LogP contribution in [-0.4, -0.2) is 53.7 Å². The third-order valence-corrected chi connectivity index (χ3v) is 3.66. The molecule has 0 aromatic heterocycles. The van der Waals surface area contributed by atoms with Crippen LogP contribution in [0.5, 0.6) is 11.5 Å². The first kappa shape index (κ1) is 18.1. The molecule has 0 atom stereocenters. The zero-order valence-electron chi connectivity index (χ0n) is 13.3. The van der Waals surface area contributed by atoms with E-state index in [1.807, 2.05) is 13.0 Å². The van der Waals surface area contributed by atoms with E-state index in [1.54, 1.807) is 26.3 Å². The van der Waals surface area contributed by atoms with Crippen LogP contribution < -0.4 is 20.1 Å². The molecule has 0 saturated carbocycles. The molecule has 2 N–H and O–H groups in total. The number of nitrogens with one attached hydrogen (secondary N) is 2. The van der Waals surface area contributed by atoms with Gasteiger partial charge >= 0.3 is 0 Å². The average molecular weight is 329 g/mol. The fourth-order valence-electron chi connectivity index (χ4n) is 1.69. The molecule has 22 heavy (non-hydrogen) atoms. The average Bonchev–Trinajstić information content (AvgIpc) is 2.45. The van der Waals surface area contributed by atoms with E-state index in [0.717, 1.165) is 5.69 Å². The van der Waals surface area contributed by atoms with Crippen LogP contribution in [0.1, 0.15) is 6.92 Å². The lowest BCUT2D eigenvalue weighted by Crippen LogP contribution is -2.34. The van der Waals surface area contributed by atoms with Gasteiger partial charge in [0.15, 0.2) is 17.5 Å². The molecule has 0 aliphatic heterocycles. The summed E-state index contributed by atoms with van der Waals surface area (Å²) < 4.78 is 33.0. The van der Waals surface area contributed by atoms with Crippen LogP contribution in [0.4, 0.5) is 5.69 Å². The Balaban J connectivity index is 2.73. The molecule has 0 radical (unpaired) electrons. The summed E-state index contributed by atoms with van der Waals surface area (Å²) in [6.07, 6.45) is 1.20. The number of benzene rings is 1. The Morgan fingerprint density at radius 3 is 2.59 bits per heavy atom. The number of guanidine groups is 1. The number of ether oxygens (including phenoxy) is 2. The first-order valence-electron chi connectivity index (χ1n) is 6.85. The second-order valence-corrected chi connectivity index (χ2v) is 6.81. The van der Waals surface area contributed by atoms with E-state index < -0.39 is 9.84 Å². The monoisotopic (exact) mass is 329 g/mol. The zero-order chi connectivity index (χ0) is 16.6. The van der Waals surface area contributed by atoms with Crippen molar-refractivity contribution in [2.75, 3.05) is 44.6 Å². The molecule has 1 aromatic rings. The number of sulfone groups is 1. The van der Waals surface area contributed by atoms with Crippen LogP contribution in [0, 0.1) is 0 Å². The lowest BCUT2D eigenvalue weighted by Gasteiger charge is -2.14. The smallest absolute Gasteiger partial charge is 0.195 e. The van der Waals surface area contributed by atoms with Crippen molar-refractivity contribution < 1.29 is 17.9 Å². The van der Waals surface area contributed by atoms with E-state index in [4.69, 9.17) is 9.47 Å². The minimum Gasteiger partial charge on any atom is -0.493 e. The molecule has 0 aliphatic rings. The van der Waals surface area contributed by atoms with Crippen LogP contribution in [0.2, 0.25) is 0 Å². The predicted molar refractivity (Wildman–Crippen MR) is 88.9 cm³/mol. The highest BCUT2D eigenvalue weighted by Gasteiger charge is 2.07. The summed E-state index contributed by atoms with van der Waals surface area (Å²) in [7, 11) is 0.188. The van der Waals surface area contributed by atoms with Crippen molar-refractivity contribution in [2.45, 2.75) is 6.92 Å². The Kier molecular flexibility index (Phi) is 6.97. The van der Waals surface area contributed by atoms with Crippen molar-refractivity contribution in [1.29, 1.82) is 0 Å². The van der Waals surface area contributed by atoms with Gasteiger partial charge in [-0.1, -0.05) is 0 Å². The summed E-state index contributed by atoms with van der Waals surface area (Å²) >= 11 is 0. The molecule has 0 unspecified atom stereocenters. The Bertz CT molecular complexity index is 615. The SMILES string of the molecule is CCOc1cc(NC(=NC)NCCS(C)(=O)=O)ccc1OC. The summed E-state index contributed by atoms with van der Waals surface area (Å²) in [6.45, 7) is 2.71. The highest BCUT2D eigenvalue weighted by Crippen LogP contribution is 2.30. The molecule has 0 fully saturated rings. The van der Waals surface area contributed by atoms with Gasteiger partial charge in [0, 0.05) is 31.6 Å². The topological polar surface area (TPSA) is 89.0 Å². The molecule has 1 rings (SSSR count). The summed E-state index contributed by atoms with van der Waals surface area (Å²) in [5.41, 5.74) is 0.761. The summed E-state index contributed by atoms with van der Waals surface area (Å²) in [4.78, 5) is 4.05. The van der Waals surface area contributed by atoms with Crippen molar-refractivity contribution in [1.82, 2.24) is 5.32 Å². The zero-order valence-corrected chi connectivity index (χ0v) is 14.2. The molecule has 1 aromatic carbocycles. The van der Waals surface area contributed by atoms with Crippen LogP contribution in [-0.2, 0) is 9.84 Å².